The third-order valence-electron chi connectivity index (χ3n) is 6.26. The number of aryl methyl sites for hydroxylation is 1. The molecule has 5 rings (SSSR count). The summed E-state index contributed by atoms with van der Waals surface area (Å²) in [5.74, 6) is 1.23. The number of hydrogen-bond donors (Lipinski definition) is 2. The van der Waals surface area contributed by atoms with Crippen LogP contribution in [0.2, 0.25) is 0 Å². The summed E-state index contributed by atoms with van der Waals surface area (Å²) in [6.45, 7) is 3.04. The van der Waals surface area contributed by atoms with Crippen LogP contribution in [0.15, 0.2) is 24.3 Å². The van der Waals surface area contributed by atoms with Crippen molar-refractivity contribution in [3.63, 3.8) is 0 Å². The number of anilines is 1. The normalized spacial score (nSPS) is 22.6. The Bertz CT molecular complexity index is 944. The lowest BCUT2D eigenvalue weighted by Crippen LogP contribution is -2.65. The summed E-state index contributed by atoms with van der Waals surface area (Å²) in [4.78, 5) is 35.8. The molecule has 140 valence electrons. The van der Waals surface area contributed by atoms with Gasteiger partial charge in [-0.2, -0.15) is 0 Å². The smallest absolute Gasteiger partial charge is 0.407 e. The highest BCUT2D eigenvalue weighted by Gasteiger charge is 2.59. The molecule has 2 N–H and O–H groups in total. The summed E-state index contributed by atoms with van der Waals surface area (Å²) in [5.41, 5.74) is 3.38. The number of aromatic nitrogens is 2. The maximum Gasteiger partial charge on any atom is 0.407 e. The Morgan fingerprint density at radius 2 is 2.15 bits per heavy atom. The van der Waals surface area contributed by atoms with Gasteiger partial charge in [0.05, 0.1) is 12.2 Å². The van der Waals surface area contributed by atoms with Crippen molar-refractivity contribution in [1.82, 2.24) is 14.9 Å². The number of nitrogens with one attached hydrogen (secondary N) is 1. The average molecular weight is 366 g/mol. The van der Waals surface area contributed by atoms with E-state index in [1.165, 1.54) is 10.6 Å². The molecule has 2 aromatic rings. The van der Waals surface area contributed by atoms with Crippen molar-refractivity contribution in [2.45, 2.75) is 44.1 Å². The van der Waals surface area contributed by atoms with Crippen molar-refractivity contribution in [2.24, 2.45) is 0 Å². The zero-order valence-electron chi connectivity index (χ0n) is 15.2. The summed E-state index contributed by atoms with van der Waals surface area (Å²) in [6, 6.07) is 7.72. The Morgan fingerprint density at radius 1 is 1.37 bits per heavy atom. The second kappa shape index (κ2) is 5.58. The number of carboxylic acid groups (broad SMARTS) is 1. The van der Waals surface area contributed by atoms with Crippen LogP contribution in [0.25, 0.3) is 0 Å². The van der Waals surface area contributed by atoms with Crippen molar-refractivity contribution < 1.29 is 14.7 Å². The molecule has 2 aliphatic heterocycles. The molecule has 27 heavy (non-hydrogen) atoms. The van der Waals surface area contributed by atoms with Gasteiger partial charge in [-0.15, -0.1) is 0 Å². The number of benzene rings is 1. The van der Waals surface area contributed by atoms with Crippen molar-refractivity contribution in [1.29, 1.82) is 0 Å². The van der Waals surface area contributed by atoms with Gasteiger partial charge in [0.2, 0.25) is 5.91 Å². The average Bonchev–Trinajstić information content (AvgIpc) is 3.12. The number of carbonyl (C=O) groups excluding carboxylic acids is 1. The van der Waals surface area contributed by atoms with Gasteiger partial charge in [0.1, 0.15) is 11.2 Å². The van der Waals surface area contributed by atoms with Crippen LogP contribution in [-0.2, 0) is 23.2 Å². The highest BCUT2D eigenvalue weighted by Crippen LogP contribution is 2.47. The van der Waals surface area contributed by atoms with E-state index in [2.05, 4.69) is 11.9 Å². The molecule has 3 heterocycles. The number of H-pyrrole nitrogens is 1. The second-order valence-corrected chi connectivity index (χ2v) is 7.97. The van der Waals surface area contributed by atoms with E-state index in [0.29, 0.717) is 12.5 Å². The zero-order chi connectivity index (χ0) is 18.8. The third kappa shape index (κ3) is 2.23. The van der Waals surface area contributed by atoms with Crippen molar-refractivity contribution in [3.8, 4) is 0 Å². The van der Waals surface area contributed by atoms with Crippen LogP contribution in [0, 0.1) is 0 Å². The number of hydrogen-bond acceptors (Lipinski definition) is 3. The fraction of sp³-hybridized carbons (Fsp3) is 0.450. The summed E-state index contributed by atoms with van der Waals surface area (Å²) < 4.78 is 0. The monoisotopic (exact) mass is 366 g/mol. The first-order valence-electron chi connectivity index (χ1n) is 9.46. The first kappa shape index (κ1) is 16.4. The highest BCUT2D eigenvalue weighted by molar-refractivity contribution is 6.09. The number of carbonyl (C=O) groups is 2. The van der Waals surface area contributed by atoms with Gasteiger partial charge in [0, 0.05) is 30.4 Å². The molecule has 0 saturated carbocycles. The van der Waals surface area contributed by atoms with E-state index >= 15 is 0 Å². The maximum atomic E-state index is 13.3. The number of likely N-dealkylation sites (tertiary alicyclic amines) is 1. The van der Waals surface area contributed by atoms with Crippen LogP contribution in [0.1, 0.15) is 48.5 Å². The quantitative estimate of drug-likeness (QED) is 0.855. The molecule has 0 bridgehead atoms. The molecule has 1 unspecified atom stereocenters. The van der Waals surface area contributed by atoms with Crippen LogP contribution in [0.4, 0.5) is 10.5 Å². The number of imidazole rings is 1. The number of aromatic amines is 1. The number of nitrogens with zero attached hydrogens (tertiary/aromatic N) is 3. The van der Waals surface area contributed by atoms with E-state index in [9.17, 15) is 14.7 Å². The lowest BCUT2D eigenvalue weighted by atomic mass is 9.75. The van der Waals surface area contributed by atoms with Gasteiger partial charge in [0.15, 0.2) is 0 Å². The molecular formula is C20H22N4O3. The van der Waals surface area contributed by atoms with Gasteiger partial charge in [-0.05, 0) is 30.9 Å². The van der Waals surface area contributed by atoms with E-state index in [0.717, 1.165) is 42.0 Å². The van der Waals surface area contributed by atoms with Gasteiger partial charge in [0.25, 0.3) is 0 Å². The second-order valence-electron chi connectivity index (χ2n) is 7.97. The lowest BCUT2D eigenvalue weighted by molar-refractivity contribution is -0.128. The van der Waals surface area contributed by atoms with Crippen molar-refractivity contribution in [2.75, 3.05) is 18.0 Å². The molecule has 1 aliphatic carbocycles. The maximum absolute atomic E-state index is 13.3. The first-order chi connectivity index (χ1) is 13.0. The summed E-state index contributed by atoms with van der Waals surface area (Å²) in [7, 11) is 0. The molecule has 1 saturated heterocycles. The van der Waals surface area contributed by atoms with Crippen molar-refractivity contribution in [3.05, 3.63) is 47.0 Å². The molecule has 1 atom stereocenters. The van der Waals surface area contributed by atoms with Gasteiger partial charge in [-0.25, -0.2) is 9.78 Å². The molecule has 3 aliphatic rings. The molecule has 0 radical (unpaired) electrons. The van der Waals surface area contributed by atoms with Crippen LogP contribution >= 0.6 is 0 Å². The first-order valence-corrected chi connectivity index (χ1v) is 9.46. The third-order valence-corrected chi connectivity index (χ3v) is 6.26. The Kier molecular flexibility index (Phi) is 3.38. The summed E-state index contributed by atoms with van der Waals surface area (Å²) in [6.07, 6.45) is 2.35. The van der Waals surface area contributed by atoms with Crippen LogP contribution in [0.3, 0.4) is 0 Å². The predicted octanol–water partition coefficient (Wildman–Crippen LogP) is 2.63. The number of para-hydroxylation sites is 1. The largest absolute Gasteiger partial charge is 0.465 e. The van der Waals surface area contributed by atoms with Gasteiger partial charge >= 0.3 is 6.09 Å². The van der Waals surface area contributed by atoms with Crippen LogP contribution in [-0.4, -0.2) is 45.1 Å². The Morgan fingerprint density at radius 3 is 2.89 bits per heavy atom. The predicted molar refractivity (Wildman–Crippen MR) is 98.8 cm³/mol. The number of amides is 2. The molecule has 2 amide bonds. The van der Waals surface area contributed by atoms with Gasteiger partial charge < -0.3 is 19.9 Å². The SMILES string of the molecule is CC1CCCc2[nH]c(CN3C(=O)C4(CN(C(=O)O)C4)c4ccccc43)nc21. The van der Waals surface area contributed by atoms with E-state index in [1.54, 1.807) is 4.90 Å². The van der Waals surface area contributed by atoms with Crippen molar-refractivity contribution >= 4 is 17.7 Å². The summed E-state index contributed by atoms with van der Waals surface area (Å²) >= 11 is 0. The Balaban J connectivity index is 1.47. The molecule has 1 spiro atoms. The van der Waals surface area contributed by atoms with E-state index in [-0.39, 0.29) is 19.0 Å². The molecule has 1 aromatic carbocycles. The molecule has 1 aromatic heterocycles. The minimum Gasteiger partial charge on any atom is -0.465 e. The number of fused-ring (bicyclic) bond motifs is 3. The minimum absolute atomic E-state index is 0.0244. The highest BCUT2D eigenvalue weighted by atomic mass is 16.4. The van der Waals surface area contributed by atoms with Gasteiger partial charge in [-0.1, -0.05) is 25.1 Å². The topological polar surface area (TPSA) is 89.5 Å². The standard InChI is InChI=1S/C20H22N4O3/c1-12-5-4-7-14-17(12)22-16(21-14)9-24-15-8-3-2-6-13(15)20(18(24)25)10-23(11-20)19(26)27/h2-3,6,8,12H,4-5,7,9-11H2,1H3,(H,21,22)(H,26,27). The molecule has 7 nitrogen and oxygen atoms in total. The van der Waals surface area contributed by atoms with E-state index in [1.807, 2.05) is 24.3 Å². The summed E-state index contributed by atoms with van der Waals surface area (Å²) in [5, 5.41) is 9.22. The lowest BCUT2D eigenvalue weighted by Gasteiger charge is -2.45. The Labute approximate surface area is 157 Å². The minimum atomic E-state index is -0.975. The zero-order valence-corrected chi connectivity index (χ0v) is 15.2. The Hall–Kier alpha value is -2.83. The molecular weight excluding hydrogens is 344 g/mol. The van der Waals surface area contributed by atoms with E-state index < -0.39 is 11.5 Å². The van der Waals surface area contributed by atoms with Crippen LogP contribution < -0.4 is 4.90 Å². The van der Waals surface area contributed by atoms with E-state index in [4.69, 9.17) is 4.98 Å². The fourth-order valence-corrected chi connectivity index (χ4v) is 4.82. The van der Waals surface area contributed by atoms with Gasteiger partial charge in [-0.3, -0.25) is 4.79 Å². The van der Waals surface area contributed by atoms with Crippen LogP contribution in [0.5, 0.6) is 0 Å². The molecule has 1 fully saturated rings. The number of rotatable bonds is 2. The molecule has 7 heteroatoms. The fourth-order valence-electron chi connectivity index (χ4n) is 4.82.